The van der Waals surface area contributed by atoms with Crippen molar-refractivity contribution in [1.82, 2.24) is 15.5 Å². The molecule has 0 fully saturated rings. The lowest BCUT2D eigenvalue weighted by molar-refractivity contribution is 0.221. The summed E-state index contributed by atoms with van der Waals surface area (Å²) in [7, 11) is 0. The van der Waals surface area contributed by atoms with Crippen LogP contribution in [0.5, 0.6) is 5.75 Å². The average Bonchev–Trinajstić information content (AvgIpc) is 3.10. The van der Waals surface area contributed by atoms with Crippen molar-refractivity contribution in [2.45, 2.75) is 45.4 Å². The highest BCUT2D eigenvalue weighted by atomic mass is 16.5. The van der Waals surface area contributed by atoms with E-state index in [0.717, 1.165) is 18.6 Å². The third-order valence-corrected chi connectivity index (χ3v) is 3.63. The van der Waals surface area contributed by atoms with Crippen molar-refractivity contribution in [3.05, 3.63) is 41.5 Å². The van der Waals surface area contributed by atoms with Crippen molar-refractivity contribution in [2.75, 3.05) is 0 Å². The molecule has 3 rings (SSSR count). The van der Waals surface area contributed by atoms with Gasteiger partial charge in [-0.2, -0.15) is 4.98 Å². The van der Waals surface area contributed by atoms with Gasteiger partial charge in [0.05, 0.1) is 6.54 Å². The number of nitrogens with zero attached hydrogens (tertiary/aromatic N) is 2. The summed E-state index contributed by atoms with van der Waals surface area (Å²) >= 11 is 0. The predicted molar refractivity (Wildman–Crippen MR) is 74.4 cm³/mol. The third-order valence-electron chi connectivity index (χ3n) is 3.63. The molecule has 0 radical (unpaired) electrons. The third kappa shape index (κ3) is 2.67. The molecule has 1 aliphatic rings. The molecule has 2 atom stereocenters. The Morgan fingerprint density at radius 2 is 2.25 bits per heavy atom. The summed E-state index contributed by atoms with van der Waals surface area (Å²) in [5.74, 6) is 2.16. The highest BCUT2D eigenvalue weighted by molar-refractivity contribution is 5.37. The molecule has 106 valence electrons. The number of benzene rings is 1. The van der Waals surface area contributed by atoms with Gasteiger partial charge in [-0.1, -0.05) is 30.3 Å². The number of ether oxygens (including phenoxy) is 1. The van der Waals surface area contributed by atoms with Gasteiger partial charge in [-0.25, -0.2) is 0 Å². The van der Waals surface area contributed by atoms with Gasteiger partial charge in [-0.05, 0) is 25.0 Å². The first-order valence-electron chi connectivity index (χ1n) is 7.06. The van der Waals surface area contributed by atoms with Gasteiger partial charge >= 0.3 is 0 Å². The van der Waals surface area contributed by atoms with Crippen molar-refractivity contribution >= 4 is 0 Å². The lowest BCUT2D eigenvalue weighted by Crippen LogP contribution is -2.24. The van der Waals surface area contributed by atoms with Crippen LogP contribution in [0, 0.1) is 0 Å². The van der Waals surface area contributed by atoms with Crippen LogP contribution in [0.2, 0.25) is 0 Å². The largest absolute Gasteiger partial charge is 0.482 e. The minimum absolute atomic E-state index is 0.131. The van der Waals surface area contributed by atoms with Crippen LogP contribution in [0.25, 0.3) is 0 Å². The first kappa shape index (κ1) is 13.1. The highest BCUT2D eigenvalue weighted by Crippen LogP contribution is 2.35. The van der Waals surface area contributed by atoms with Crippen molar-refractivity contribution in [3.8, 4) is 5.75 Å². The fraction of sp³-hybridized carbons (Fsp3) is 0.467. The number of aromatic nitrogens is 2. The monoisotopic (exact) mass is 273 g/mol. The lowest BCUT2D eigenvalue weighted by Gasteiger charge is -2.07. The standard InChI is InChI=1S/C15H19N3O2/c1-3-10(2)16-9-14-17-15(18-20-14)13-8-11-6-4-5-7-12(11)19-13/h4-7,10,13,16H,3,8-9H2,1-2H3. The van der Waals surface area contributed by atoms with Crippen LogP contribution in [0.15, 0.2) is 28.8 Å². The van der Waals surface area contributed by atoms with Gasteiger partial charge in [0.25, 0.3) is 0 Å². The lowest BCUT2D eigenvalue weighted by atomic mass is 10.1. The Balaban J connectivity index is 1.64. The molecule has 2 heterocycles. The fourth-order valence-electron chi connectivity index (χ4n) is 2.20. The molecule has 2 aromatic rings. The molecule has 0 saturated heterocycles. The van der Waals surface area contributed by atoms with Crippen LogP contribution in [0.1, 0.15) is 43.7 Å². The number of fused-ring (bicyclic) bond motifs is 1. The zero-order valence-electron chi connectivity index (χ0n) is 11.8. The second-order valence-electron chi connectivity index (χ2n) is 5.15. The minimum atomic E-state index is -0.131. The summed E-state index contributed by atoms with van der Waals surface area (Å²) in [4.78, 5) is 4.42. The van der Waals surface area contributed by atoms with Crippen molar-refractivity contribution in [2.24, 2.45) is 0 Å². The van der Waals surface area contributed by atoms with Gasteiger partial charge in [0.2, 0.25) is 11.7 Å². The summed E-state index contributed by atoms with van der Waals surface area (Å²) in [6.07, 6.45) is 1.74. The van der Waals surface area contributed by atoms with E-state index in [4.69, 9.17) is 9.26 Å². The van der Waals surface area contributed by atoms with Crippen molar-refractivity contribution in [1.29, 1.82) is 0 Å². The maximum atomic E-state index is 5.85. The van der Waals surface area contributed by atoms with Crippen LogP contribution in [0.3, 0.4) is 0 Å². The van der Waals surface area contributed by atoms with Crippen LogP contribution in [-0.2, 0) is 13.0 Å². The molecule has 0 saturated carbocycles. The zero-order valence-corrected chi connectivity index (χ0v) is 11.8. The Bertz CT molecular complexity index is 557. The molecule has 1 aromatic carbocycles. The van der Waals surface area contributed by atoms with Gasteiger partial charge in [0, 0.05) is 12.5 Å². The van der Waals surface area contributed by atoms with E-state index in [1.807, 2.05) is 18.2 Å². The first-order valence-corrected chi connectivity index (χ1v) is 7.06. The van der Waals surface area contributed by atoms with Gasteiger partial charge in [0.15, 0.2) is 6.10 Å². The fourth-order valence-corrected chi connectivity index (χ4v) is 2.20. The van der Waals surface area contributed by atoms with E-state index >= 15 is 0 Å². The molecule has 0 amide bonds. The molecule has 5 nitrogen and oxygen atoms in total. The molecule has 1 N–H and O–H groups in total. The minimum Gasteiger partial charge on any atom is -0.482 e. The topological polar surface area (TPSA) is 60.2 Å². The molecular formula is C15H19N3O2. The molecule has 1 aliphatic heterocycles. The van der Waals surface area contributed by atoms with E-state index in [1.54, 1.807) is 0 Å². The van der Waals surface area contributed by atoms with E-state index in [1.165, 1.54) is 5.56 Å². The van der Waals surface area contributed by atoms with Crippen LogP contribution < -0.4 is 10.1 Å². The van der Waals surface area contributed by atoms with Crippen LogP contribution >= 0.6 is 0 Å². The number of hydrogen-bond acceptors (Lipinski definition) is 5. The van der Waals surface area contributed by atoms with E-state index < -0.39 is 0 Å². The van der Waals surface area contributed by atoms with E-state index in [2.05, 4.69) is 35.4 Å². The number of nitrogens with one attached hydrogen (secondary N) is 1. The van der Waals surface area contributed by atoms with Crippen molar-refractivity contribution < 1.29 is 9.26 Å². The smallest absolute Gasteiger partial charge is 0.240 e. The second kappa shape index (κ2) is 5.63. The molecule has 1 aromatic heterocycles. The van der Waals surface area contributed by atoms with Gasteiger partial charge < -0.3 is 14.6 Å². The molecule has 20 heavy (non-hydrogen) atoms. The predicted octanol–water partition coefficient (Wildman–Crippen LogP) is 2.63. The Morgan fingerprint density at radius 3 is 3.05 bits per heavy atom. The Labute approximate surface area is 118 Å². The average molecular weight is 273 g/mol. The molecule has 0 spiro atoms. The van der Waals surface area contributed by atoms with E-state index in [9.17, 15) is 0 Å². The van der Waals surface area contributed by atoms with Gasteiger partial charge in [-0.15, -0.1) is 0 Å². The molecule has 0 aliphatic carbocycles. The van der Waals surface area contributed by atoms with E-state index in [-0.39, 0.29) is 6.10 Å². The Kier molecular flexibility index (Phi) is 3.69. The summed E-state index contributed by atoms with van der Waals surface area (Å²) in [5, 5.41) is 7.37. The van der Waals surface area contributed by atoms with Gasteiger partial charge in [-0.3, -0.25) is 0 Å². The highest BCUT2D eigenvalue weighted by Gasteiger charge is 2.28. The summed E-state index contributed by atoms with van der Waals surface area (Å²) in [5.41, 5.74) is 1.20. The summed E-state index contributed by atoms with van der Waals surface area (Å²) in [6, 6.07) is 8.47. The number of hydrogen-bond donors (Lipinski definition) is 1. The van der Waals surface area contributed by atoms with Crippen LogP contribution in [-0.4, -0.2) is 16.2 Å². The summed E-state index contributed by atoms with van der Waals surface area (Å²) in [6.45, 7) is 4.87. The maximum Gasteiger partial charge on any atom is 0.240 e. The van der Waals surface area contributed by atoms with Crippen molar-refractivity contribution in [3.63, 3.8) is 0 Å². The number of para-hydroxylation sites is 1. The Morgan fingerprint density at radius 1 is 1.40 bits per heavy atom. The molecule has 2 unspecified atom stereocenters. The van der Waals surface area contributed by atoms with Gasteiger partial charge in [0.1, 0.15) is 5.75 Å². The number of rotatable bonds is 5. The quantitative estimate of drug-likeness (QED) is 0.907. The maximum absolute atomic E-state index is 5.85. The first-order chi connectivity index (χ1) is 9.76. The SMILES string of the molecule is CCC(C)NCc1nc(C2Cc3ccccc3O2)no1. The van der Waals surface area contributed by atoms with Crippen LogP contribution in [0.4, 0.5) is 0 Å². The molecular weight excluding hydrogens is 254 g/mol. The second-order valence-corrected chi connectivity index (χ2v) is 5.15. The zero-order chi connectivity index (χ0) is 13.9. The summed E-state index contributed by atoms with van der Waals surface area (Å²) < 4.78 is 11.1. The molecule has 5 heteroatoms. The van der Waals surface area contributed by atoms with E-state index in [0.29, 0.717) is 24.3 Å². The molecule has 0 bridgehead atoms. The Hall–Kier alpha value is -1.88. The normalized spacial score (nSPS) is 18.6.